The lowest BCUT2D eigenvalue weighted by molar-refractivity contribution is -0.126. The fourth-order valence-electron chi connectivity index (χ4n) is 6.13. The van der Waals surface area contributed by atoms with Gasteiger partial charge in [-0.1, -0.05) is 30.3 Å². The number of halogens is 2. The van der Waals surface area contributed by atoms with Crippen LogP contribution in [0.4, 0.5) is 8.78 Å². The zero-order chi connectivity index (χ0) is 29.5. The van der Waals surface area contributed by atoms with E-state index in [-0.39, 0.29) is 42.1 Å². The Kier molecular flexibility index (Phi) is 7.39. The topological polar surface area (TPSA) is 85.1 Å². The fourth-order valence-corrected chi connectivity index (χ4v) is 6.13. The molecule has 2 aromatic carbocycles. The van der Waals surface area contributed by atoms with E-state index in [2.05, 4.69) is 10.4 Å². The summed E-state index contributed by atoms with van der Waals surface area (Å²) in [5.74, 6) is 1.36. The number of aliphatic hydroxyl groups is 1. The van der Waals surface area contributed by atoms with Crippen molar-refractivity contribution in [3.05, 3.63) is 84.2 Å². The number of ether oxygens (including phenoxy) is 2. The Labute approximate surface area is 243 Å². The standard InChI is InChI=1S/C33H35F2N3O4/c1-32(2,40)20-41-27-10-11-29-24(18-36-38(29)19-27)13-30(39)37-25-14-33(15-25)16-28(17-33)42-26-8-6-21(7-9-26)22-4-3-5-23(12-22)31(34)35/h3-12,18-19,25,28,31,40H,13-17,20H2,1-2H3,(H,37,39). The number of benzene rings is 2. The number of nitrogens with one attached hydrogen (secondary N) is 1. The predicted octanol–water partition coefficient (Wildman–Crippen LogP) is 6.14. The molecule has 1 amide bonds. The number of carbonyl (C=O) groups excluding carboxylic acids is 1. The summed E-state index contributed by atoms with van der Waals surface area (Å²) in [4.78, 5) is 12.8. The van der Waals surface area contributed by atoms with Crippen molar-refractivity contribution in [3.8, 4) is 22.6 Å². The number of hydrogen-bond donors (Lipinski definition) is 2. The van der Waals surface area contributed by atoms with E-state index < -0.39 is 12.0 Å². The van der Waals surface area contributed by atoms with E-state index in [1.807, 2.05) is 42.5 Å². The summed E-state index contributed by atoms with van der Waals surface area (Å²) in [6.45, 7) is 3.53. The average molecular weight is 576 g/mol. The third-order valence-electron chi connectivity index (χ3n) is 8.19. The van der Waals surface area contributed by atoms with Gasteiger partial charge in [0.05, 0.1) is 36.0 Å². The van der Waals surface area contributed by atoms with Crippen LogP contribution in [-0.2, 0) is 11.2 Å². The Bertz CT molecular complexity index is 1560. The molecule has 7 nitrogen and oxygen atoms in total. The Morgan fingerprint density at radius 3 is 2.52 bits per heavy atom. The van der Waals surface area contributed by atoms with Crippen LogP contribution in [0.15, 0.2) is 73.1 Å². The average Bonchev–Trinajstić information content (AvgIpc) is 3.31. The molecule has 2 saturated carbocycles. The second-order valence-electron chi connectivity index (χ2n) is 12.4. The first-order valence-corrected chi connectivity index (χ1v) is 14.3. The van der Waals surface area contributed by atoms with Crippen LogP contribution in [0.25, 0.3) is 16.6 Å². The summed E-state index contributed by atoms with van der Waals surface area (Å²) in [6.07, 6.45) is 5.19. The van der Waals surface area contributed by atoms with Crippen molar-refractivity contribution in [3.63, 3.8) is 0 Å². The first-order chi connectivity index (χ1) is 20.0. The maximum Gasteiger partial charge on any atom is 0.263 e. The minimum absolute atomic E-state index is 0.0154. The molecule has 220 valence electrons. The molecule has 2 fully saturated rings. The van der Waals surface area contributed by atoms with E-state index in [4.69, 9.17) is 9.47 Å². The zero-order valence-electron chi connectivity index (χ0n) is 23.7. The van der Waals surface area contributed by atoms with Crippen LogP contribution in [0.5, 0.6) is 11.5 Å². The lowest BCUT2D eigenvalue weighted by atomic mass is 9.53. The first kappa shape index (κ1) is 28.2. The summed E-state index contributed by atoms with van der Waals surface area (Å²) in [5.41, 5.74) is 2.65. The van der Waals surface area contributed by atoms with Gasteiger partial charge in [-0.3, -0.25) is 4.79 Å². The molecule has 2 N–H and O–H groups in total. The molecule has 0 aliphatic heterocycles. The van der Waals surface area contributed by atoms with Crippen LogP contribution in [0.3, 0.4) is 0 Å². The molecular weight excluding hydrogens is 540 g/mol. The van der Waals surface area contributed by atoms with E-state index >= 15 is 0 Å². The molecule has 2 aliphatic carbocycles. The maximum absolute atomic E-state index is 13.0. The number of amides is 1. The minimum atomic E-state index is -2.49. The summed E-state index contributed by atoms with van der Waals surface area (Å²) in [6, 6.07) is 17.9. The van der Waals surface area contributed by atoms with Gasteiger partial charge in [0.2, 0.25) is 5.91 Å². The molecule has 2 aliphatic rings. The number of alkyl halides is 2. The van der Waals surface area contributed by atoms with Gasteiger partial charge in [-0.25, -0.2) is 13.3 Å². The van der Waals surface area contributed by atoms with Gasteiger partial charge < -0.3 is 19.9 Å². The van der Waals surface area contributed by atoms with Crippen LogP contribution in [0.1, 0.15) is 57.1 Å². The highest BCUT2D eigenvalue weighted by molar-refractivity contribution is 5.81. The molecule has 1 spiro atoms. The third-order valence-corrected chi connectivity index (χ3v) is 8.19. The fraction of sp³-hybridized carbons (Fsp3) is 0.394. The number of hydrogen-bond acceptors (Lipinski definition) is 5. The van der Waals surface area contributed by atoms with Crippen molar-refractivity contribution in [2.45, 2.75) is 70.1 Å². The van der Waals surface area contributed by atoms with Crippen molar-refractivity contribution in [2.75, 3.05) is 6.61 Å². The van der Waals surface area contributed by atoms with Gasteiger partial charge in [0.25, 0.3) is 6.43 Å². The molecule has 0 bridgehead atoms. The number of nitrogens with zero attached hydrogens (tertiary/aromatic N) is 2. The van der Waals surface area contributed by atoms with Crippen molar-refractivity contribution in [1.82, 2.24) is 14.9 Å². The summed E-state index contributed by atoms with van der Waals surface area (Å²) < 4.78 is 39.5. The van der Waals surface area contributed by atoms with Gasteiger partial charge in [-0.05, 0) is 86.4 Å². The van der Waals surface area contributed by atoms with Gasteiger partial charge in [0.15, 0.2) is 0 Å². The highest BCUT2D eigenvalue weighted by Gasteiger charge is 2.54. The maximum atomic E-state index is 13.0. The Morgan fingerprint density at radius 1 is 1.07 bits per heavy atom. The van der Waals surface area contributed by atoms with Crippen LogP contribution in [-0.4, -0.2) is 45.0 Å². The van der Waals surface area contributed by atoms with E-state index in [0.29, 0.717) is 5.75 Å². The summed E-state index contributed by atoms with van der Waals surface area (Å²) >= 11 is 0. The molecule has 0 unspecified atom stereocenters. The quantitative estimate of drug-likeness (QED) is 0.237. The van der Waals surface area contributed by atoms with Crippen LogP contribution < -0.4 is 14.8 Å². The molecule has 0 radical (unpaired) electrons. The predicted molar refractivity (Wildman–Crippen MR) is 155 cm³/mol. The normalized spacial score (nSPS) is 21.7. The van der Waals surface area contributed by atoms with E-state index in [9.17, 15) is 18.7 Å². The number of pyridine rings is 1. The monoisotopic (exact) mass is 575 g/mol. The van der Waals surface area contributed by atoms with Gasteiger partial charge in [0.1, 0.15) is 18.1 Å². The van der Waals surface area contributed by atoms with Crippen molar-refractivity contribution >= 4 is 11.4 Å². The lowest BCUT2D eigenvalue weighted by Gasteiger charge is -2.57. The second-order valence-corrected chi connectivity index (χ2v) is 12.4. The second kappa shape index (κ2) is 11.0. The van der Waals surface area contributed by atoms with Crippen molar-refractivity contribution < 1.29 is 28.2 Å². The van der Waals surface area contributed by atoms with Crippen LogP contribution >= 0.6 is 0 Å². The van der Waals surface area contributed by atoms with Gasteiger partial charge >= 0.3 is 0 Å². The SMILES string of the molecule is CC(C)(O)COc1ccc2c(CC(=O)NC3CC4(C3)CC(Oc3ccc(-c5cccc(C(F)F)c5)cc3)C4)cnn2c1. The molecule has 42 heavy (non-hydrogen) atoms. The highest BCUT2D eigenvalue weighted by Crippen LogP contribution is 2.56. The van der Waals surface area contributed by atoms with E-state index in [1.165, 1.54) is 12.1 Å². The van der Waals surface area contributed by atoms with Gasteiger partial charge in [0, 0.05) is 17.2 Å². The Morgan fingerprint density at radius 2 is 1.81 bits per heavy atom. The number of fused-ring (bicyclic) bond motifs is 1. The van der Waals surface area contributed by atoms with Crippen LogP contribution in [0.2, 0.25) is 0 Å². The first-order valence-electron chi connectivity index (χ1n) is 14.3. The van der Waals surface area contributed by atoms with E-state index in [1.54, 1.807) is 36.8 Å². The van der Waals surface area contributed by atoms with Crippen molar-refractivity contribution in [1.29, 1.82) is 0 Å². The molecule has 9 heteroatoms. The molecule has 2 aromatic heterocycles. The van der Waals surface area contributed by atoms with Gasteiger partial charge in [-0.2, -0.15) is 5.10 Å². The van der Waals surface area contributed by atoms with Crippen molar-refractivity contribution in [2.24, 2.45) is 5.41 Å². The molecule has 4 aromatic rings. The molecular formula is C33H35F2N3O4. The molecule has 6 rings (SSSR count). The third kappa shape index (κ3) is 6.26. The Hall–Kier alpha value is -3.98. The largest absolute Gasteiger partial charge is 0.490 e. The summed E-state index contributed by atoms with van der Waals surface area (Å²) in [7, 11) is 0. The molecule has 0 atom stereocenters. The zero-order valence-corrected chi connectivity index (χ0v) is 23.7. The molecule has 0 saturated heterocycles. The van der Waals surface area contributed by atoms with Crippen LogP contribution in [0, 0.1) is 5.41 Å². The molecule has 2 heterocycles. The summed E-state index contributed by atoms with van der Waals surface area (Å²) in [5, 5.41) is 17.4. The number of carbonyl (C=O) groups is 1. The Balaban J connectivity index is 0.945. The number of aromatic nitrogens is 2. The number of rotatable bonds is 10. The van der Waals surface area contributed by atoms with E-state index in [0.717, 1.165) is 53.6 Å². The lowest BCUT2D eigenvalue weighted by Crippen LogP contribution is -2.58. The smallest absolute Gasteiger partial charge is 0.263 e. The minimum Gasteiger partial charge on any atom is -0.490 e. The van der Waals surface area contributed by atoms with Gasteiger partial charge in [-0.15, -0.1) is 0 Å². The highest BCUT2D eigenvalue weighted by atomic mass is 19.3.